The molecule has 0 bridgehead atoms. The Hall–Kier alpha value is -0.730. The molecule has 0 aromatic carbocycles. The van der Waals surface area contributed by atoms with E-state index in [2.05, 4.69) is 19.2 Å². The molecule has 3 heteroatoms. The van der Waals surface area contributed by atoms with Crippen molar-refractivity contribution in [3.8, 4) is 0 Å². The first-order valence-electron chi connectivity index (χ1n) is 5.07. The van der Waals surface area contributed by atoms with Gasteiger partial charge in [-0.2, -0.15) is 0 Å². The summed E-state index contributed by atoms with van der Waals surface area (Å²) in [6.07, 6.45) is 3.31. The lowest BCUT2D eigenvalue weighted by atomic mass is 9.70. The van der Waals surface area contributed by atoms with Crippen LogP contribution in [0, 0.1) is 11.8 Å². The molecule has 1 aliphatic heterocycles. The van der Waals surface area contributed by atoms with E-state index in [4.69, 9.17) is 4.74 Å². The summed E-state index contributed by atoms with van der Waals surface area (Å²) in [5.74, 6) is 1.26. The fraction of sp³-hybridized carbons (Fsp3) is 0.900. The smallest absolute Gasteiger partial charge is 0.407 e. The van der Waals surface area contributed by atoms with Crippen LogP contribution in [0.1, 0.15) is 33.1 Å². The Morgan fingerprint density at radius 2 is 2.23 bits per heavy atom. The minimum Gasteiger partial charge on any atom is -0.447 e. The van der Waals surface area contributed by atoms with E-state index < -0.39 is 0 Å². The molecule has 3 unspecified atom stereocenters. The van der Waals surface area contributed by atoms with Crippen LogP contribution in [0.5, 0.6) is 0 Å². The highest BCUT2D eigenvalue weighted by molar-refractivity contribution is 5.70. The van der Waals surface area contributed by atoms with Gasteiger partial charge in [0.05, 0.1) is 5.54 Å². The number of hydrogen-bond donors (Lipinski definition) is 1. The predicted octanol–water partition coefficient (Wildman–Crippen LogP) is 1.92. The average Bonchev–Trinajstić information content (AvgIpc) is 2.42. The quantitative estimate of drug-likeness (QED) is 0.623. The summed E-state index contributed by atoms with van der Waals surface area (Å²) in [5.41, 5.74) is -0.0469. The van der Waals surface area contributed by atoms with Crippen molar-refractivity contribution >= 4 is 6.09 Å². The number of cyclic esters (lactones) is 1. The summed E-state index contributed by atoms with van der Waals surface area (Å²) < 4.78 is 5.01. The second-order valence-corrected chi connectivity index (χ2v) is 4.64. The van der Waals surface area contributed by atoms with Gasteiger partial charge < -0.3 is 10.1 Å². The first-order chi connectivity index (χ1) is 6.12. The number of carbonyl (C=O) groups excluding carboxylic acids is 1. The zero-order valence-corrected chi connectivity index (χ0v) is 8.30. The van der Waals surface area contributed by atoms with Crippen molar-refractivity contribution in [3.63, 3.8) is 0 Å². The Morgan fingerprint density at radius 1 is 1.46 bits per heavy atom. The van der Waals surface area contributed by atoms with E-state index in [1.165, 1.54) is 12.8 Å². The second kappa shape index (κ2) is 2.89. The lowest BCUT2D eigenvalue weighted by Gasteiger charge is -2.40. The van der Waals surface area contributed by atoms with Gasteiger partial charge in [-0.25, -0.2) is 4.79 Å². The molecule has 1 amide bonds. The van der Waals surface area contributed by atoms with Crippen LogP contribution in [0.2, 0.25) is 0 Å². The molecule has 1 spiro atoms. The Kier molecular flexibility index (Phi) is 1.97. The Labute approximate surface area is 78.8 Å². The molecule has 2 fully saturated rings. The molecular weight excluding hydrogens is 166 g/mol. The largest absolute Gasteiger partial charge is 0.447 e. The minimum absolute atomic E-state index is 0.0469. The highest BCUT2D eigenvalue weighted by Crippen LogP contribution is 2.38. The van der Waals surface area contributed by atoms with Crippen LogP contribution in [0.3, 0.4) is 0 Å². The van der Waals surface area contributed by atoms with Crippen molar-refractivity contribution < 1.29 is 9.53 Å². The van der Waals surface area contributed by atoms with E-state index in [0.717, 1.165) is 6.42 Å². The van der Waals surface area contributed by atoms with Gasteiger partial charge in [0.15, 0.2) is 0 Å². The number of hydrogen-bond acceptors (Lipinski definition) is 2. The highest BCUT2D eigenvalue weighted by atomic mass is 16.6. The van der Waals surface area contributed by atoms with Gasteiger partial charge in [0, 0.05) is 0 Å². The van der Waals surface area contributed by atoms with Crippen LogP contribution >= 0.6 is 0 Å². The molecule has 0 aromatic rings. The van der Waals surface area contributed by atoms with Crippen molar-refractivity contribution in [2.24, 2.45) is 11.8 Å². The van der Waals surface area contributed by atoms with E-state index in [1.807, 2.05) is 0 Å². The fourth-order valence-electron chi connectivity index (χ4n) is 2.58. The van der Waals surface area contributed by atoms with E-state index in [9.17, 15) is 4.79 Å². The Bertz CT molecular complexity index is 229. The van der Waals surface area contributed by atoms with Gasteiger partial charge in [-0.15, -0.1) is 0 Å². The Balaban J connectivity index is 2.14. The maximum atomic E-state index is 11.0. The van der Waals surface area contributed by atoms with Crippen LogP contribution in [-0.2, 0) is 4.74 Å². The van der Waals surface area contributed by atoms with Crippen molar-refractivity contribution in [1.29, 1.82) is 0 Å². The Morgan fingerprint density at radius 3 is 2.85 bits per heavy atom. The first kappa shape index (κ1) is 8.85. The number of rotatable bonds is 0. The predicted molar refractivity (Wildman–Crippen MR) is 49.4 cm³/mol. The van der Waals surface area contributed by atoms with Gasteiger partial charge in [0.2, 0.25) is 0 Å². The molecule has 1 heterocycles. The molecule has 1 saturated carbocycles. The SMILES string of the molecule is CC1CCC(C)C2(COC(=O)N2)C1. The third-order valence-electron chi connectivity index (χ3n) is 3.56. The van der Waals surface area contributed by atoms with Crippen LogP contribution in [-0.4, -0.2) is 18.2 Å². The molecule has 0 radical (unpaired) electrons. The van der Waals surface area contributed by atoms with Crippen molar-refractivity contribution in [1.82, 2.24) is 5.32 Å². The lowest BCUT2D eigenvalue weighted by molar-refractivity contribution is 0.115. The maximum Gasteiger partial charge on any atom is 0.407 e. The lowest BCUT2D eigenvalue weighted by Crippen LogP contribution is -2.52. The van der Waals surface area contributed by atoms with Gasteiger partial charge in [0.1, 0.15) is 6.61 Å². The van der Waals surface area contributed by atoms with E-state index in [-0.39, 0.29) is 11.6 Å². The summed E-state index contributed by atoms with van der Waals surface area (Å²) in [7, 11) is 0. The number of nitrogens with one attached hydrogen (secondary N) is 1. The number of ether oxygens (including phenoxy) is 1. The molecular formula is C10H17NO2. The topological polar surface area (TPSA) is 38.3 Å². The molecule has 3 nitrogen and oxygen atoms in total. The van der Waals surface area contributed by atoms with Crippen LogP contribution in [0.15, 0.2) is 0 Å². The molecule has 1 N–H and O–H groups in total. The van der Waals surface area contributed by atoms with Crippen LogP contribution < -0.4 is 5.32 Å². The third kappa shape index (κ3) is 1.40. The summed E-state index contributed by atoms with van der Waals surface area (Å²) in [6.45, 7) is 5.02. The summed E-state index contributed by atoms with van der Waals surface area (Å²) in [6, 6.07) is 0. The van der Waals surface area contributed by atoms with Gasteiger partial charge in [-0.05, 0) is 24.7 Å². The van der Waals surface area contributed by atoms with Gasteiger partial charge >= 0.3 is 6.09 Å². The second-order valence-electron chi connectivity index (χ2n) is 4.64. The molecule has 0 aromatic heterocycles. The molecule has 2 aliphatic rings. The van der Waals surface area contributed by atoms with Crippen LogP contribution in [0.4, 0.5) is 4.79 Å². The fourth-order valence-corrected chi connectivity index (χ4v) is 2.58. The molecule has 2 rings (SSSR count). The van der Waals surface area contributed by atoms with Crippen molar-refractivity contribution in [2.75, 3.05) is 6.61 Å². The zero-order valence-electron chi connectivity index (χ0n) is 8.30. The van der Waals surface area contributed by atoms with Crippen molar-refractivity contribution in [3.05, 3.63) is 0 Å². The highest BCUT2D eigenvalue weighted by Gasteiger charge is 2.46. The molecule has 74 valence electrons. The van der Waals surface area contributed by atoms with E-state index in [0.29, 0.717) is 18.4 Å². The minimum atomic E-state index is -0.235. The zero-order chi connectivity index (χ0) is 9.47. The molecule has 3 atom stereocenters. The summed E-state index contributed by atoms with van der Waals surface area (Å²) >= 11 is 0. The van der Waals surface area contributed by atoms with Crippen molar-refractivity contribution in [2.45, 2.75) is 38.6 Å². The third-order valence-corrected chi connectivity index (χ3v) is 3.56. The maximum absolute atomic E-state index is 11.0. The number of carbonyl (C=O) groups is 1. The standard InChI is InChI=1S/C10H17NO2/c1-7-3-4-8(2)10(5-7)6-13-9(12)11-10/h7-8H,3-6H2,1-2H3,(H,11,12). The summed E-state index contributed by atoms with van der Waals surface area (Å²) in [5, 5.41) is 2.99. The van der Waals surface area contributed by atoms with Gasteiger partial charge in [0.25, 0.3) is 0 Å². The summed E-state index contributed by atoms with van der Waals surface area (Å²) in [4.78, 5) is 11.0. The normalized spacial score (nSPS) is 44.6. The molecule has 1 aliphatic carbocycles. The van der Waals surface area contributed by atoms with E-state index >= 15 is 0 Å². The molecule has 1 saturated heterocycles. The van der Waals surface area contributed by atoms with Gasteiger partial charge in [-0.1, -0.05) is 20.3 Å². The average molecular weight is 183 g/mol. The molecule has 13 heavy (non-hydrogen) atoms. The number of amides is 1. The van der Waals surface area contributed by atoms with Gasteiger partial charge in [-0.3, -0.25) is 0 Å². The number of alkyl carbamates (subject to hydrolysis) is 1. The van der Waals surface area contributed by atoms with Crippen LogP contribution in [0.25, 0.3) is 0 Å². The first-order valence-corrected chi connectivity index (χ1v) is 5.07. The monoisotopic (exact) mass is 183 g/mol. The van der Waals surface area contributed by atoms with E-state index in [1.54, 1.807) is 0 Å².